The number of benzene rings is 2. The molecule has 0 spiro atoms. The molecule has 0 amide bonds. The molecule has 3 rings (SSSR count). The van der Waals surface area contributed by atoms with Crippen molar-refractivity contribution < 1.29 is 0 Å². The fourth-order valence-electron chi connectivity index (χ4n) is 2.60. The summed E-state index contributed by atoms with van der Waals surface area (Å²) >= 11 is 12.5. The predicted octanol–water partition coefficient (Wildman–Crippen LogP) is 5.60. The van der Waals surface area contributed by atoms with Crippen LogP contribution in [-0.4, -0.2) is 9.55 Å². The van der Waals surface area contributed by atoms with Crippen molar-refractivity contribution in [2.45, 2.75) is 26.1 Å². The van der Waals surface area contributed by atoms with Gasteiger partial charge in [0.1, 0.15) is 5.82 Å². The van der Waals surface area contributed by atoms with E-state index in [1.54, 1.807) is 0 Å². The molecule has 1 aromatic heterocycles. The van der Waals surface area contributed by atoms with Crippen molar-refractivity contribution in [2.24, 2.45) is 0 Å². The summed E-state index contributed by atoms with van der Waals surface area (Å²) in [7, 11) is 0. The van der Waals surface area contributed by atoms with Gasteiger partial charge in [-0.05, 0) is 50.1 Å². The summed E-state index contributed by atoms with van der Waals surface area (Å²) in [6.45, 7) is 6.07. The molecule has 0 radical (unpaired) electrons. The maximum atomic E-state index is 6.36. The van der Waals surface area contributed by atoms with Gasteiger partial charge in [-0.1, -0.05) is 29.8 Å². The maximum Gasteiger partial charge on any atom is 0.132 e. The Bertz CT molecular complexity index is 819. The highest BCUT2D eigenvalue weighted by molar-refractivity contribution is 6.30. The number of aryl methyl sites for hydroxylation is 2. The largest absolute Gasteiger partial charge is 0.295 e. The predicted molar refractivity (Wildman–Crippen MR) is 89.8 cm³/mol. The topological polar surface area (TPSA) is 17.8 Å². The third-order valence-corrected chi connectivity index (χ3v) is 4.11. The number of para-hydroxylation sites is 1. The van der Waals surface area contributed by atoms with Crippen molar-refractivity contribution in [3.05, 3.63) is 58.4 Å². The average molecular weight is 319 g/mol. The Balaban J connectivity index is 2.42. The summed E-state index contributed by atoms with van der Waals surface area (Å²) in [5.74, 6) is 0.839. The molecule has 4 heteroatoms. The van der Waals surface area contributed by atoms with Crippen LogP contribution < -0.4 is 0 Å². The summed E-state index contributed by atoms with van der Waals surface area (Å²) < 4.78 is 2.11. The Labute approximate surface area is 134 Å². The fourth-order valence-corrected chi connectivity index (χ4v) is 2.91. The number of alkyl halides is 1. The third kappa shape index (κ3) is 2.43. The van der Waals surface area contributed by atoms with Gasteiger partial charge in [0.15, 0.2) is 0 Å². The number of rotatable bonds is 2. The number of halogens is 2. The molecule has 108 valence electrons. The highest BCUT2D eigenvalue weighted by atomic mass is 35.5. The molecule has 2 nitrogen and oxygen atoms in total. The molecule has 0 saturated heterocycles. The highest BCUT2D eigenvalue weighted by Crippen LogP contribution is 2.31. The lowest BCUT2D eigenvalue weighted by molar-refractivity contribution is 0.878. The first-order valence-electron chi connectivity index (χ1n) is 6.87. The van der Waals surface area contributed by atoms with Crippen molar-refractivity contribution >= 4 is 34.2 Å². The van der Waals surface area contributed by atoms with Gasteiger partial charge in [-0.15, -0.1) is 11.6 Å². The Morgan fingerprint density at radius 3 is 2.57 bits per heavy atom. The minimum Gasteiger partial charge on any atom is -0.295 e. The van der Waals surface area contributed by atoms with Crippen molar-refractivity contribution in [1.29, 1.82) is 0 Å². The summed E-state index contributed by atoms with van der Waals surface area (Å²) in [5, 5.41) is 0.522. The molecular weight excluding hydrogens is 303 g/mol. The second-order valence-corrected chi connectivity index (χ2v) is 6.39. The van der Waals surface area contributed by atoms with E-state index in [1.165, 1.54) is 0 Å². The van der Waals surface area contributed by atoms with Crippen LogP contribution in [0.25, 0.3) is 16.7 Å². The lowest BCUT2D eigenvalue weighted by atomic mass is 10.1. The summed E-state index contributed by atoms with van der Waals surface area (Å²) in [6.07, 6.45) is 0. The third-order valence-electron chi connectivity index (χ3n) is 3.68. The Morgan fingerprint density at radius 1 is 1.10 bits per heavy atom. The lowest BCUT2D eigenvalue weighted by Gasteiger charge is -2.13. The normalized spacial score (nSPS) is 12.8. The first-order valence-corrected chi connectivity index (χ1v) is 7.69. The first kappa shape index (κ1) is 14.4. The summed E-state index contributed by atoms with van der Waals surface area (Å²) in [6, 6.07) is 12.0. The lowest BCUT2D eigenvalue weighted by Crippen LogP contribution is -2.03. The van der Waals surface area contributed by atoms with Gasteiger partial charge in [0.2, 0.25) is 0 Å². The molecule has 1 unspecified atom stereocenters. The minimum atomic E-state index is -0.185. The summed E-state index contributed by atoms with van der Waals surface area (Å²) in [5.41, 5.74) is 5.35. The number of hydrogen-bond donors (Lipinski definition) is 0. The van der Waals surface area contributed by atoms with E-state index in [0.29, 0.717) is 5.02 Å². The molecule has 0 saturated carbocycles. The zero-order chi connectivity index (χ0) is 15.1. The van der Waals surface area contributed by atoms with Crippen LogP contribution in [0.15, 0.2) is 36.4 Å². The molecule has 2 aromatic carbocycles. The van der Waals surface area contributed by atoms with Crippen LogP contribution in [0.5, 0.6) is 0 Å². The van der Waals surface area contributed by atoms with Gasteiger partial charge in [-0.2, -0.15) is 0 Å². The fraction of sp³-hybridized carbons (Fsp3) is 0.235. The van der Waals surface area contributed by atoms with E-state index in [4.69, 9.17) is 28.2 Å². The van der Waals surface area contributed by atoms with Crippen LogP contribution in [-0.2, 0) is 0 Å². The van der Waals surface area contributed by atoms with Crippen LogP contribution in [0.3, 0.4) is 0 Å². The van der Waals surface area contributed by atoms with Crippen molar-refractivity contribution in [3.63, 3.8) is 0 Å². The van der Waals surface area contributed by atoms with Gasteiger partial charge < -0.3 is 0 Å². The van der Waals surface area contributed by atoms with Crippen LogP contribution in [0.2, 0.25) is 5.02 Å². The van der Waals surface area contributed by atoms with E-state index < -0.39 is 0 Å². The molecule has 0 fully saturated rings. The Hall–Kier alpha value is -1.51. The van der Waals surface area contributed by atoms with Gasteiger partial charge in [0.05, 0.1) is 22.1 Å². The molecule has 0 N–H and O–H groups in total. The van der Waals surface area contributed by atoms with Gasteiger partial charge in [-0.3, -0.25) is 4.57 Å². The van der Waals surface area contributed by atoms with E-state index in [0.717, 1.165) is 33.7 Å². The van der Waals surface area contributed by atoms with Crippen molar-refractivity contribution in [2.75, 3.05) is 0 Å². The van der Waals surface area contributed by atoms with Crippen molar-refractivity contribution in [1.82, 2.24) is 9.55 Å². The zero-order valence-electron chi connectivity index (χ0n) is 12.2. The van der Waals surface area contributed by atoms with E-state index in [-0.39, 0.29) is 5.38 Å². The SMILES string of the molecule is Cc1ccc(Cl)cc1-n1c(C(C)Cl)nc2c(C)cccc21. The standard InChI is InChI=1S/C17H16Cl2N2/c1-10-7-8-13(19)9-15(10)21-14-6-4-5-11(2)16(14)20-17(21)12(3)18/h4-9,12H,1-3H3. The second kappa shape index (κ2) is 5.36. The van der Waals surface area contributed by atoms with Gasteiger partial charge in [-0.25, -0.2) is 4.98 Å². The van der Waals surface area contributed by atoms with Gasteiger partial charge in [0.25, 0.3) is 0 Å². The zero-order valence-corrected chi connectivity index (χ0v) is 13.7. The smallest absolute Gasteiger partial charge is 0.132 e. The van der Waals surface area contributed by atoms with Crippen molar-refractivity contribution in [3.8, 4) is 5.69 Å². The molecule has 0 aliphatic carbocycles. The highest BCUT2D eigenvalue weighted by Gasteiger charge is 2.18. The quantitative estimate of drug-likeness (QED) is 0.563. The Morgan fingerprint density at radius 2 is 1.86 bits per heavy atom. The van der Waals surface area contributed by atoms with E-state index in [2.05, 4.69) is 30.5 Å². The van der Waals surface area contributed by atoms with Gasteiger partial charge >= 0.3 is 0 Å². The molecule has 21 heavy (non-hydrogen) atoms. The van der Waals surface area contributed by atoms with E-state index in [1.807, 2.05) is 31.2 Å². The number of fused-ring (bicyclic) bond motifs is 1. The summed E-state index contributed by atoms with van der Waals surface area (Å²) in [4.78, 5) is 4.75. The number of imidazole rings is 1. The van der Waals surface area contributed by atoms with Crippen LogP contribution in [0, 0.1) is 13.8 Å². The molecule has 0 aliphatic heterocycles. The van der Waals surface area contributed by atoms with E-state index in [9.17, 15) is 0 Å². The molecule has 0 aliphatic rings. The molecule has 1 atom stereocenters. The molecule has 1 heterocycles. The van der Waals surface area contributed by atoms with E-state index >= 15 is 0 Å². The molecule has 3 aromatic rings. The molecular formula is C17H16Cl2N2. The maximum absolute atomic E-state index is 6.36. The second-order valence-electron chi connectivity index (χ2n) is 5.29. The molecule has 0 bridgehead atoms. The van der Waals surface area contributed by atoms with Crippen LogP contribution >= 0.6 is 23.2 Å². The average Bonchev–Trinajstić information content (AvgIpc) is 2.82. The Kier molecular flexibility index (Phi) is 3.68. The number of hydrogen-bond acceptors (Lipinski definition) is 1. The van der Waals surface area contributed by atoms with Gasteiger partial charge in [0, 0.05) is 5.02 Å². The number of aromatic nitrogens is 2. The monoisotopic (exact) mass is 318 g/mol. The van der Waals surface area contributed by atoms with Crippen LogP contribution in [0.4, 0.5) is 0 Å². The number of nitrogens with zero attached hydrogens (tertiary/aromatic N) is 2. The first-order chi connectivity index (χ1) is 9.99. The minimum absolute atomic E-state index is 0.185. The van der Waals surface area contributed by atoms with Crippen LogP contribution in [0.1, 0.15) is 29.3 Å².